The van der Waals surface area contributed by atoms with Crippen molar-refractivity contribution < 1.29 is 28.6 Å². The minimum absolute atomic E-state index is 0.103. The maximum absolute atomic E-state index is 12.8. The Morgan fingerprint density at radius 1 is 0.361 bits per heavy atom. The monoisotopic (exact) mass is 851 g/mol. The zero-order valence-electron chi connectivity index (χ0n) is 39.9. The topological polar surface area (TPSA) is 78.9 Å². The second-order valence-corrected chi connectivity index (χ2v) is 16.7. The molecule has 0 aromatic rings. The molecule has 0 fully saturated rings. The van der Waals surface area contributed by atoms with E-state index in [0.29, 0.717) is 19.3 Å². The highest BCUT2D eigenvalue weighted by Gasteiger charge is 2.19. The molecule has 0 aliphatic heterocycles. The van der Waals surface area contributed by atoms with Crippen molar-refractivity contribution in [3.63, 3.8) is 0 Å². The summed E-state index contributed by atoms with van der Waals surface area (Å²) in [5, 5.41) is 0. The summed E-state index contributed by atoms with van der Waals surface area (Å²) in [6, 6.07) is 0. The van der Waals surface area contributed by atoms with E-state index >= 15 is 0 Å². The van der Waals surface area contributed by atoms with Crippen molar-refractivity contribution in [1.29, 1.82) is 0 Å². The van der Waals surface area contributed by atoms with Crippen LogP contribution in [-0.2, 0) is 28.6 Å². The Labute approximate surface area is 376 Å². The van der Waals surface area contributed by atoms with Gasteiger partial charge in [-0.15, -0.1) is 0 Å². The molecule has 0 saturated carbocycles. The molecule has 61 heavy (non-hydrogen) atoms. The van der Waals surface area contributed by atoms with Crippen LogP contribution in [0.5, 0.6) is 0 Å². The van der Waals surface area contributed by atoms with E-state index in [-0.39, 0.29) is 37.5 Å². The van der Waals surface area contributed by atoms with E-state index in [4.69, 9.17) is 14.2 Å². The van der Waals surface area contributed by atoms with E-state index in [0.717, 1.165) is 77.0 Å². The normalized spacial score (nSPS) is 12.6. The van der Waals surface area contributed by atoms with Crippen LogP contribution in [-0.4, -0.2) is 37.2 Å². The lowest BCUT2D eigenvalue weighted by Crippen LogP contribution is -2.30. The number of ether oxygens (including phenoxy) is 3. The number of hydrogen-bond acceptors (Lipinski definition) is 6. The lowest BCUT2D eigenvalue weighted by atomic mass is 10.1. The molecule has 0 spiro atoms. The number of esters is 3. The highest BCUT2D eigenvalue weighted by atomic mass is 16.6. The summed E-state index contributed by atoms with van der Waals surface area (Å²) < 4.78 is 16.7. The van der Waals surface area contributed by atoms with Gasteiger partial charge in [-0.05, 0) is 83.5 Å². The van der Waals surface area contributed by atoms with Crippen molar-refractivity contribution >= 4 is 17.9 Å². The van der Waals surface area contributed by atoms with Crippen LogP contribution in [0.3, 0.4) is 0 Å². The lowest BCUT2D eigenvalue weighted by molar-refractivity contribution is -0.166. The highest BCUT2D eigenvalue weighted by Crippen LogP contribution is 2.14. The molecule has 0 saturated heterocycles. The molecular weight excluding hydrogens is 757 g/mol. The first kappa shape index (κ1) is 57.9. The minimum atomic E-state index is -0.809. The summed E-state index contributed by atoms with van der Waals surface area (Å²) in [7, 11) is 0. The standard InChI is InChI=1S/C55H94O6/c1-4-7-10-13-16-19-22-25-26-27-28-31-33-36-39-42-45-48-54(57)60-51-52(61-55(58)49-46-43-40-37-34-30-24-21-18-15-12-9-6-3)50-59-53(56)47-44-41-38-35-32-29-23-20-17-14-11-8-5-2/h9,12,15,18,21,24-26,29,32,38,41,52H,4-8,10-11,13-14,16-17,19-20,22-23,27-28,30-31,33-37,39-40,42-51H2,1-3H3/b12-9+,18-15+,24-21+,26-25+,32-29+,41-38+. The lowest BCUT2D eigenvalue weighted by Gasteiger charge is -2.18. The smallest absolute Gasteiger partial charge is 0.306 e. The van der Waals surface area contributed by atoms with Crippen LogP contribution < -0.4 is 0 Å². The summed E-state index contributed by atoms with van der Waals surface area (Å²) in [5.41, 5.74) is 0. The molecule has 6 nitrogen and oxygen atoms in total. The summed E-state index contributed by atoms with van der Waals surface area (Å²) in [6.45, 7) is 6.42. The van der Waals surface area contributed by atoms with Gasteiger partial charge in [0.15, 0.2) is 6.10 Å². The molecule has 0 aliphatic rings. The average Bonchev–Trinajstić information content (AvgIpc) is 3.26. The molecular formula is C55H94O6. The first-order chi connectivity index (χ1) is 30.0. The van der Waals surface area contributed by atoms with Crippen LogP contribution in [0, 0.1) is 0 Å². The maximum atomic E-state index is 12.8. The number of allylic oxidation sites excluding steroid dienone is 12. The van der Waals surface area contributed by atoms with Crippen LogP contribution in [0.15, 0.2) is 72.9 Å². The molecule has 0 aromatic carbocycles. The van der Waals surface area contributed by atoms with Gasteiger partial charge in [-0.3, -0.25) is 14.4 Å². The van der Waals surface area contributed by atoms with E-state index in [2.05, 4.69) is 87.6 Å². The van der Waals surface area contributed by atoms with E-state index in [1.54, 1.807) is 0 Å². The third-order valence-corrected chi connectivity index (χ3v) is 10.7. The van der Waals surface area contributed by atoms with Crippen molar-refractivity contribution in [2.24, 2.45) is 0 Å². The Kier molecular flexibility index (Phi) is 46.9. The predicted octanol–water partition coefficient (Wildman–Crippen LogP) is 16.6. The Hall–Kier alpha value is -3.15. The Bertz CT molecular complexity index is 1160. The summed E-state index contributed by atoms with van der Waals surface area (Å²) >= 11 is 0. The van der Waals surface area contributed by atoms with Crippen molar-refractivity contribution in [1.82, 2.24) is 0 Å². The fourth-order valence-electron chi connectivity index (χ4n) is 6.90. The van der Waals surface area contributed by atoms with Gasteiger partial charge >= 0.3 is 17.9 Å². The van der Waals surface area contributed by atoms with Crippen LogP contribution in [0.4, 0.5) is 0 Å². The molecule has 0 aromatic heterocycles. The SMILES string of the molecule is CC/C=C/C=C/C=C/CCCCCCCC(=O)OC(COC(=O)CC/C=C/C/C=C/CCCCCCCC)COC(=O)CCCCCCCCC/C=C/CCCCCCCC. The fourth-order valence-corrected chi connectivity index (χ4v) is 6.90. The highest BCUT2D eigenvalue weighted by molar-refractivity contribution is 5.71. The number of hydrogen-bond donors (Lipinski definition) is 0. The average molecular weight is 851 g/mol. The van der Waals surface area contributed by atoms with Gasteiger partial charge in [0.2, 0.25) is 0 Å². The first-order valence-electron chi connectivity index (χ1n) is 25.5. The van der Waals surface area contributed by atoms with Crippen molar-refractivity contribution in [3.05, 3.63) is 72.9 Å². The van der Waals surface area contributed by atoms with Gasteiger partial charge in [-0.25, -0.2) is 0 Å². The molecule has 350 valence electrons. The second kappa shape index (κ2) is 49.5. The molecule has 1 atom stereocenters. The maximum Gasteiger partial charge on any atom is 0.306 e. The predicted molar refractivity (Wildman–Crippen MR) is 261 cm³/mol. The second-order valence-electron chi connectivity index (χ2n) is 16.7. The first-order valence-corrected chi connectivity index (χ1v) is 25.5. The molecule has 0 rings (SSSR count). The van der Waals surface area contributed by atoms with Crippen LogP contribution >= 0.6 is 0 Å². The molecule has 1 unspecified atom stereocenters. The molecule has 0 amide bonds. The van der Waals surface area contributed by atoms with E-state index in [1.165, 1.54) is 116 Å². The zero-order valence-corrected chi connectivity index (χ0v) is 39.9. The number of unbranched alkanes of at least 4 members (excludes halogenated alkanes) is 24. The molecule has 0 bridgehead atoms. The Morgan fingerprint density at radius 2 is 0.738 bits per heavy atom. The molecule has 6 heteroatoms. The third-order valence-electron chi connectivity index (χ3n) is 10.7. The summed E-state index contributed by atoms with van der Waals surface area (Å²) in [5.74, 6) is -0.999. The Balaban J connectivity index is 4.45. The van der Waals surface area contributed by atoms with Crippen molar-refractivity contribution in [2.45, 2.75) is 245 Å². The minimum Gasteiger partial charge on any atom is -0.462 e. The van der Waals surface area contributed by atoms with Gasteiger partial charge in [0.05, 0.1) is 0 Å². The summed E-state index contributed by atoms with van der Waals surface area (Å²) in [6.07, 6.45) is 61.8. The molecule has 0 radical (unpaired) electrons. The van der Waals surface area contributed by atoms with Crippen molar-refractivity contribution in [3.8, 4) is 0 Å². The number of carbonyl (C=O) groups is 3. The number of rotatable bonds is 45. The fraction of sp³-hybridized carbons (Fsp3) is 0.727. The van der Waals surface area contributed by atoms with Gasteiger partial charge < -0.3 is 14.2 Å². The van der Waals surface area contributed by atoms with Gasteiger partial charge in [0, 0.05) is 19.3 Å². The largest absolute Gasteiger partial charge is 0.462 e. The summed E-state index contributed by atoms with van der Waals surface area (Å²) in [4.78, 5) is 37.9. The van der Waals surface area contributed by atoms with Crippen LogP contribution in [0.25, 0.3) is 0 Å². The van der Waals surface area contributed by atoms with Crippen molar-refractivity contribution in [2.75, 3.05) is 13.2 Å². The third kappa shape index (κ3) is 47.7. The molecule has 0 heterocycles. The van der Waals surface area contributed by atoms with Crippen LogP contribution in [0.1, 0.15) is 239 Å². The van der Waals surface area contributed by atoms with E-state index in [1.807, 2.05) is 6.08 Å². The number of carbonyl (C=O) groups excluding carboxylic acids is 3. The molecule has 0 N–H and O–H groups in total. The molecule has 0 aliphatic carbocycles. The van der Waals surface area contributed by atoms with Crippen LogP contribution in [0.2, 0.25) is 0 Å². The van der Waals surface area contributed by atoms with Gasteiger partial charge in [-0.2, -0.15) is 0 Å². The Morgan fingerprint density at radius 3 is 1.23 bits per heavy atom. The van der Waals surface area contributed by atoms with E-state index < -0.39 is 6.10 Å². The quantitative estimate of drug-likeness (QED) is 0.0200. The van der Waals surface area contributed by atoms with Gasteiger partial charge in [-0.1, -0.05) is 209 Å². The zero-order chi connectivity index (χ0) is 44.4. The van der Waals surface area contributed by atoms with Gasteiger partial charge in [0.1, 0.15) is 13.2 Å². The van der Waals surface area contributed by atoms with E-state index in [9.17, 15) is 14.4 Å². The van der Waals surface area contributed by atoms with Gasteiger partial charge in [0.25, 0.3) is 0 Å².